The van der Waals surface area contributed by atoms with Crippen molar-refractivity contribution in [1.82, 2.24) is 4.98 Å². The number of nitrogens with one attached hydrogen (secondary N) is 1. The number of rotatable bonds is 3. The molecule has 0 spiro atoms. The van der Waals surface area contributed by atoms with Gasteiger partial charge in [-0.25, -0.2) is 13.6 Å². The number of hydrogen-bond donors (Lipinski definition) is 1. The summed E-state index contributed by atoms with van der Waals surface area (Å²) in [4.78, 5) is 26.1. The van der Waals surface area contributed by atoms with Crippen LogP contribution < -0.4 is 5.43 Å². The number of aromatic nitrogens is 1. The molecule has 0 unspecified atom stereocenters. The minimum atomic E-state index is -1.16. The first-order valence-corrected chi connectivity index (χ1v) is 5.33. The Kier molecular flexibility index (Phi) is 3.41. The first-order chi connectivity index (χ1) is 9.04. The van der Waals surface area contributed by atoms with Crippen molar-refractivity contribution in [2.75, 3.05) is 6.61 Å². The van der Waals surface area contributed by atoms with Crippen molar-refractivity contribution in [2.24, 2.45) is 0 Å². The van der Waals surface area contributed by atoms with Gasteiger partial charge in [0.15, 0.2) is 11.6 Å². The molecule has 0 saturated heterocycles. The number of esters is 1. The van der Waals surface area contributed by atoms with E-state index in [0.29, 0.717) is 0 Å². The van der Waals surface area contributed by atoms with E-state index in [9.17, 15) is 18.4 Å². The Morgan fingerprint density at radius 1 is 1.37 bits per heavy atom. The van der Waals surface area contributed by atoms with Gasteiger partial charge in [0, 0.05) is 17.6 Å². The molecular weight excluding hydrogens is 256 g/mol. The highest BCUT2D eigenvalue weighted by Crippen LogP contribution is 2.14. The monoisotopic (exact) mass is 265 g/mol. The fourth-order valence-corrected chi connectivity index (χ4v) is 1.58. The molecule has 1 heterocycles. The molecule has 0 radical (unpaired) electrons. The van der Waals surface area contributed by atoms with E-state index in [4.69, 9.17) is 4.74 Å². The Labute approximate surface area is 106 Å². The maximum atomic E-state index is 13.1. The molecule has 6 heteroatoms. The van der Waals surface area contributed by atoms with E-state index >= 15 is 0 Å². The molecule has 0 atom stereocenters. The summed E-state index contributed by atoms with van der Waals surface area (Å²) in [5.74, 6) is -3.09. The highest BCUT2D eigenvalue weighted by Gasteiger charge is 2.15. The molecule has 0 bridgehead atoms. The summed E-state index contributed by atoms with van der Waals surface area (Å²) in [6, 6.07) is 1.60. The predicted molar refractivity (Wildman–Crippen MR) is 65.0 cm³/mol. The van der Waals surface area contributed by atoms with Crippen LogP contribution in [0.4, 0.5) is 8.78 Å². The SMILES string of the molecule is C=CCOC(=O)c1c[nH]c2cc(F)c(F)cc2c1=O. The second kappa shape index (κ2) is 5.01. The highest BCUT2D eigenvalue weighted by molar-refractivity contribution is 5.93. The molecule has 0 amide bonds. The van der Waals surface area contributed by atoms with Gasteiger partial charge < -0.3 is 9.72 Å². The molecule has 0 aliphatic rings. The van der Waals surface area contributed by atoms with Gasteiger partial charge in [0.25, 0.3) is 0 Å². The van der Waals surface area contributed by atoms with E-state index < -0.39 is 23.0 Å². The van der Waals surface area contributed by atoms with Crippen LogP contribution in [0.15, 0.2) is 35.8 Å². The Morgan fingerprint density at radius 2 is 2.05 bits per heavy atom. The molecule has 0 fully saturated rings. The molecule has 2 aromatic rings. The summed E-state index contributed by atoms with van der Waals surface area (Å²) in [7, 11) is 0. The topological polar surface area (TPSA) is 59.2 Å². The van der Waals surface area contributed by atoms with E-state index in [-0.39, 0.29) is 23.1 Å². The second-order valence-electron chi connectivity index (χ2n) is 3.73. The fraction of sp³-hybridized carbons (Fsp3) is 0.0769. The van der Waals surface area contributed by atoms with Gasteiger partial charge in [-0.2, -0.15) is 0 Å². The van der Waals surface area contributed by atoms with Crippen molar-refractivity contribution < 1.29 is 18.3 Å². The lowest BCUT2D eigenvalue weighted by molar-refractivity contribution is 0.0548. The zero-order valence-corrected chi connectivity index (χ0v) is 9.70. The van der Waals surface area contributed by atoms with Gasteiger partial charge in [0.2, 0.25) is 5.43 Å². The molecule has 1 aromatic carbocycles. The number of H-pyrrole nitrogens is 1. The first kappa shape index (κ1) is 12.9. The third kappa shape index (κ3) is 2.37. The second-order valence-corrected chi connectivity index (χ2v) is 3.73. The number of ether oxygens (including phenoxy) is 1. The van der Waals surface area contributed by atoms with Crippen molar-refractivity contribution in [3.63, 3.8) is 0 Å². The molecule has 0 aliphatic heterocycles. The van der Waals surface area contributed by atoms with Crippen LogP contribution in [0.1, 0.15) is 10.4 Å². The normalized spacial score (nSPS) is 10.4. The fourth-order valence-electron chi connectivity index (χ4n) is 1.58. The van der Waals surface area contributed by atoms with Crippen LogP contribution in [0, 0.1) is 11.6 Å². The number of hydrogen-bond acceptors (Lipinski definition) is 3. The number of fused-ring (bicyclic) bond motifs is 1. The van der Waals surface area contributed by atoms with Crippen LogP contribution in [0.25, 0.3) is 10.9 Å². The number of halogens is 2. The Morgan fingerprint density at radius 3 is 2.74 bits per heavy atom. The molecule has 98 valence electrons. The smallest absolute Gasteiger partial charge is 0.343 e. The van der Waals surface area contributed by atoms with Crippen LogP contribution in [0.5, 0.6) is 0 Å². The lowest BCUT2D eigenvalue weighted by Gasteiger charge is -2.04. The average Bonchev–Trinajstić information content (AvgIpc) is 2.39. The van der Waals surface area contributed by atoms with Crippen molar-refractivity contribution in [3.8, 4) is 0 Å². The summed E-state index contributed by atoms with van der Waals surface area (Å²) < 4.78 is 30.8. The van der Waals surface area contributed by atoms with Crippen LogP contribution in [0.3, 0.4) is 0 Å². The number of carbonyl (C=O) groups excluding carboxylic acids is 1. The molecule has 4 nitrogen and oxygen atoms in total. The quantitative estimate of drug-likeness (QED) is 0.683. The van der Waals surface area contributed by atoms with Crippen LogP contribution in [0.2, 0.25) is 0 Å². The molecular formula is C13H9F2NO3. The average molecular weight is 265 g/mol. The number of aromatic amines is 1. The molecule has 2 rings (SSSR count). The largest absolute Gasteiger partial charge is 0.458 e. The zero-order valence-electron chi connectivity index (χ0n) is 9.70. The molecule has 1 aromatic heterocycles. The van der Waals surface area contributed by atoms with Gasteiger partial charge in [-0.05, 0) is 6.07 Å². The van der Waals surface area contributed by atoms with Gasteiger partial charge in [0.05, 0.1) is 5.52 Å². The van der Waals surface area contributed by atoms with Gasteiger partial charge >= 0.3 is 5.97 Å². The molecule has 0 aliphatic carbocycles. The lowest BCUT2D eigenvalue weighted by Crippen LogP contribution is -2.18. The molecule has 0 saturated carbocycles. The van der Waals surface area contributed by atoms with Gasteiger partial charge in [0.1, 0.15) is 12.2 Å². The molecule has 1 N–H and O–H groups in total. The minimum absolute atomic E-state index is 0.0475. The highest BCUT2D eigenvalue weighted by atomic mass is 19.2. The maximum absolute atomic E-state index is 13.1. The summed E-state index contributed by atoms with van der Waals surface area (Å²) in [5, 5.41) is -0.119. The van der Waals surface area contributed by atoms with Gasteiger partial charge in [-0.3, -0.25) is 4.79 Å². The summed E-state index contributed by atoms with van der Waals surface area (Å²) in [6.07, 6.45) is 2.45. The van der Waals surface area contributed by atoms with Crippen LogP contribution in [-0.4, -0.2) is 17.6 Å². The van der Waals surface area contributed by atoms with Crippen LogP contribution in [-0.2, 0) is 4.74 Å². The van der Waals surface area contributed by atoms with E-state index in [1.807, 2.05) is 0 Å². The number of benzene rings is 1. The lowest BCUT2D eigenvalue weighted by atomic mass is 10.1. The Bertz CT molecular complexity index is 722. The minimum Gasteiger partial charge on any atom is -0.458 e. The van der Waals surface area contributed by atoms with E-state index in [1.165, 1.54) is 6.08 Å². The van der Waals surface area contributed by atoms with Gasteiger partial charge in [-0.1, -0.05) is 12.7 Å². The number of pyridine rings is 1. The zero-order chi connectivity index (χ0) is 14.0. The summed E-state index contributed by atoms with van der Waals surface area (Å²) in [6.45, 7) is 3.32. The third-order valence-electron chi connectivity index (χ3n) is 2.47. The number of carbonyl (C=O) groups is 1. The summed E-state index contributed by atoms with van der Waals surface area (Å²) >= 11 is 0. The first-order valence-electron chi connectivity index (χ1n) is 5.33. The van der Waals surface area contributed by atoms with E-state index in [0.717, 1.165) is 18.3 Å². The molecule has 19 heavy (non-hydrogen) atoms. The van der Waals surface area contributed by atoms with Gasteiger partial charge in [-0.15, -0.1) is 0 Å². The van der Waals surface area contributed by atoms with Crippen molar-refractivity contribution in [3.05, 3.63) is 58.4 Å². The van der Waals surface area contributed by atoms with Crippen molar-refractivity contribution in [2.45, 2.75) is 0 Å². The van der Waals surface area contributed by atoms with E-state index in [2.05, 4.69) is 11.6 Å². The third-order valence-corrected chi connectivity index (χ3v) is 2.47. The Hall–Kier alpha value is -2.50. The predicted octanol–water partition coefficient (Wildman–Crippen LogP) is 2.15. The van der Waals surface area contributed by atoms with Crippen molar-refractivity contribution >= 4 is 16.9 Å². The standard InChI is InChI=1S/C13H9F2NO3/c1-2-3-19-13(18)8-6-16-11-5-10(15)9(14)4-7(11)12(8)17/h2,4-6H,1,3H2,(H,16,17). The Balaban J connectivity index is 2.57. The van der Waals surface area contributed by atoms with E-state index in [1.54, 1.807) is 0 Å². The maximum Gasteiger partial charge on any atom is 0.343 e. The summed E-state index contributed by atoms with van der Waals surface area (Å²) in [5.41, 5.74) is -0.897. The van der Waals surface area contributed by atoms with Crippen LogP contribution >= 0.6 is 0 Å². The van der Waals surface area contributed by atoms with Crippen molar-refractivity contribution in [1.29, 1.82) is 0 Å².